The fraction of sp³-hybridized carbons (Fsp3) is 0.731. The van der Waals surface area contributed by atoms with Gasteiger partial charge in [0.15, 0.2) is 0 Å². The first-order valence-corrected chi connectivity index (χ1v) is 12.9. The molecule has 0 radical (unpaired) electrons. The van der Waals surface area contributed by atoms with E-state index in [1.54, 1.807) is 0 Å². The summed E-state index contributed by atoms with van der Waals surface area (Å²) in [6, 6.07) is 4.11. The predicted molar refractivity (Wildman–Crippen MR) is 130 cm³/mol. The normalized spacial score (nSPS) is 33.0. The van der Waals surface area contributed by atoms with Crippen LogP contribution in [-0.4, -0.2) is 67.1 Å². The molecule has 1 aromatic rings. The fourth-order valence-corrected chi connectivity index (χ4v) is 7.06. The van der Waals surface area contributed by atoms with E-state index < -0.39 is 5.41 Å². The first-order valence-electron chi connectivity index (χ1n) is 12.9. The van der Waals surface area contributed by atoms with Crippen molar-refractivity contribution in [3.8, 4) is 0 Å². The largest absolute Gasteiger partial charge is 0.379 e. The maximum atomic E-state index is 13.4. The fourth-order valence-electron chi connectivity index (χ4n) is 7.06. The van der Waals surface area contributed by atoms with Crippen molar-refractivity contribution in [1.29, 1.82) is 0 Å². The van der Waals surface area contributed by atoms with Crippen LogP contribution in [0.2, 0.25) is 0 Å². The summed E-state index contributed by atoms with van der Waals surface area (Å²) in [4.78, 5) is 32.6. The molecule has 4 N–H and O–H groups in total. The molecule has 2 amide bonds. The van der Waals surface area contributed by atoms with Gasteiger partial charge in [-0.05, 0) is 75.3 Å². The molecule has 2 atom stereocenters. The number of aromatic nitrogens is 1. The van der Waals surface area contributed by atoms with E-state index in [0.29, 0.717) is 17.8 Å². The monoisotopic (exact) mass is 469 g/mol. The van der Waals surface area contributed by atoms with E-state index in [-0.39, 0.29) is 23.3 Å². The van der Waals surface area contributed by atoms with Gasteiger partial charge in [0.2, 0.25) is 11.8 Å². The van der Waals surface area contributed by atoms with Gasteiger partial charge in [0.25, 0.3) is 0 Å². The van der Waals surface area contributed by atoms with Crippen LogP contribution < -0.4 is 16.4 Å². The Morgan fingerprint density at radius 3 is 2.50 bits per heavy atom. The average molecular weight is 470 g/mol. The zero-order valence-electron chi connectivity index (χ0n) is 20.5. The van der Waals surface area contributed by atoms with E-state index in [2.05, 4.69) is 20.5 Å². The highest BCUT2D eigenvalue weighted by atomic mass is 16.5. The highest BCUT2D eigenvalue weighted by Gasteiger charge is 2.58. The Bertz CT molecular complexity index is 896. The van der Waals surface area contributed by atoms with Crippen molar-refractivity contribution < 1.29 is 14.3 Å². The Hall–Kier alpha value is -2.19. The smallest absolute Gasteiger partial charge is 0.230 e. The molecule has 0 spiro atoms. The van der Waals surface area contributed by atoms with Gasteiger partial charge in [0.1, 0.15) is 5.82 Å². The number of hydrogen-bond donors (Lipinski definition) is 3. The van der Waals surface area contributed by atoms with Crippen molar-refractivity contribution >= 4 is 17.6 Å². The number of carbonyl (C=O) groups excluding carboxylic acids is 2. The van der Waals surface area contributed by atoms with Crippen LogP contribution in [0.1, 0.15) is 51.5 Å². The lowest BCUT2D eigenvalue weighted by molar-refractivity contribution is -0.148. The van der Waals surface area contributed by atoms with Gasteiger partial charge in [-0.15, -0.1) is 0 Å². The number of pyridine rings is 1. The Kier molecular flexibility index (Phi) is 6.31. The molecular formula is C26H39N5O3. The van der Waals surface area contributed by atoms with E-state index in [1.165, 1.54) is 0 Å². The number of nitrogens with zero attached hydrogens (tertiary/aromatic N) is 2. The van der Waals surface area contributed by atoms with Crippen LogP contribution in [0, 0.1) is 23.2 Å². The lowest BCUT2D eigenvalue weighted by atomic mass is 9.47. The number of nitrogens with one attached hydrogen (secondary N) is 2. The number of primary amides is 1. The van der Waals surface area contributed by atoms with Gasteiger partial charge in [0.05, 0.1) is 18.6 Å². The summed E-state index contributed by atoms with van der Waals surface area (Å²) in [7, 11) is 0. The Morgan fingerprint density at radius 1 is 1.18 bits per heavy atom. The number of amides is 2. The van der Waals surface area contributed by atoms with Gasteiger partial charge in [-0.3, -0.25) is 14.5 Å². The second-order valence-electron chi connectivity index (χ2n) is 11.6. The van der Waals surface area contributed by atoms with Gasteiger partial charge in [-0.2, -0.15) is 0 Å². The van der Waals surface area contributed by atoms with E-state index in [9.17, 15) is 9.59 Å². The molecule has 5 fully saturated rings. The highest BCUT2D eigenvalue weighted by Crippen LogP contribution is 2.60. The molecule has 4 aliphatic carbocycles. The van der Waals surface area contributed by atoms with Crippen LogP contribution in [0.5, 0.6) is 0 Å². The van der Waals surface area contributed by atoms with Crippen LogP contribution in [-0.2, 0) is 19.7 Å². The summed E-state index contributed by atoms with van der Waals surface area (Å²) >= 11 is 0. The van der Waals surface area contributed by atoms with E-state index in [1.807, 2.05) is 32.2 Å². The summed E-state index contributed by atoms with van der Waals surface area (Å²) in [5.41, 5.74) is 5.71. The van der Waals surface area contributed by atoms with Crippen molar-refractivity contribution in [2.45, 2.75) is 57.4 Å². The second kappa shape index (κ2) is 9.11. The highest BCUT2D eigenvalue weighted by molar-refractivity contribution is 5.88. The number of morpholine rings is 1. The third-order valence-corrected chi connectivity index (χ3v) is 8.98. The minimum atomic E-state index is -0.685. The van der Waals surface area contributed by atoms with Gasteiger partial charge in [0, 0.05) is 43.8 Å². The first-order chi connectivity index (χ1) is 16.3. The van der Waals surface area contributed by atoms with Crippen molar-refractivity contribution in [1.82, 2.24) is 15.2 Å². The molecule has 4 bridgehead atoms. The molecule has 1 saturated heterocycles. The second-order valence-corrected chi connectivity index (χ2v) is 11.6. The SMILES string of the molecule is CC(C)(C(=O)NC1C2CC3CC1CC(C(N)=O)(C3)C2)c1ccc(NCCN2CCOCC2)nc1. The van der Waals surface area contributed by atoms with Crippen molar-refractivity contribution in [2.24, 2.45) is 28.9 Å². The maximum absolute atomic E-state index is 13.4. The van der Waals surface area contributed by atoms with Crippen LogP contribution in [0.25, 0.3) is 0 Å². The molecule has 2 unspecified atom stereocenters. The average Bonchev–Trinajstić information content (AvgIpc) is 2.82. The summed E-state index contributed by atoms with van der Waals surface area (Å²) in [5, 5.41) is 6.77. The molecule has 1 aliphatic heterocycles. The van der Waals surface area contributed by atoms with Crippen LogP contribution in [0.3, 0.4) is 0 Å². The quantitative estimate of drug-likeness (QED) is 0.537. The molecule has 8 heteroatoms. The van der Waals surface area contributed by atoms with E-state index in [0.717, 1.165) is 82.9 Å². The van der Waals surface area contributed by atoms with Gasteiger partial charge >= 0.3 is 0 Å². The molecule has 6 rings (SSSR count). The first kappa shape index (κ1) is 23.5. The molecule has 5 aliphatic rings. The topological polar surface area (TPSA) is 110 Å². The van der Waals surface area contributed by atoms with Crippen LogP contribution >= 0.6 is 0 Å². The standard InChI is InChI=1S/C26H39N5O3/c1-25(2,20-3-4-21(29-16-20)28-5-6-31-7-9-34-10-8-31)24(33)30-22-18-11-17-12-19(22)15-26(13-17,14-18)23(27)32/h3-4,16-19,22H,5-15H2,1-2H3,(H2,27,32)(H,28,29)(H,30,33). The summed E-state index contributed by atoms with van der Waals surface area (Å²) < 4.78 is 5.39. The summed E-state index contributed by atoms with van der Waals surface area (Å²) in [6.45, 7) is 9.28. The number of hydrogen-bond acceptors (Lipinski definition) is 6. The lowest BCUT2D eigenvalue weighted by Gasteiger charge is -2.59. The zero-order valence-corrected chi connectivity index (χ0v) is 20.5. The summed E-state index contributed by atoms with van der Waals surface area (Å²) in [6.07, 6.45) is 6.61. The third-order valence-electron chi connectivity index (χ3n) is 8.98. The number of rotatable bonds is 8. The molecular weight excluding hydrogens is 430 g/mol. The minimum Gasteiger partial charge on any atom is -0.379 e. The molecule has 34 heavy (non-hydrogen) atoms. The van der Waals surface area contributed by atoms with Crippen molar-refractivity contribution in [3.05, 3.63) is 23.9 Å². The summed E-state index contributed by atoms with van der Waals surface area (Å²) in [5.74, 6) is 2.02. The molecule has 186 valence electrons. The van der Waals surface area contributed by atoms with Crippen LogP contribution in [0.4, 0.5) is 5.82 Å². The molecule has 4 saturated carbocycles. The number of carbonyl (C=O) groups is 2. The number of nitrogens with two attached hydrogens (primary N) is 1. The number of anilines is 1. The van der Waals surface area contributed by atoms with Gasteiger partial charge < -0.3 is 21.1 Å². The molecule has 0 aromatic carbocycles. The van der Waals surface area contributed by atoms with Crippen LogP contribution in [0.15, 0.2) is 18.3 Å². The predicted octanol–water partition coefficient (Wildman–Crippen LogP) is 1.90. The molecule has 8 nitrogen and oxygen atoms in total. The third kappa shape index (κ3) is 4.42. The van der Waals surface area contributed by atoms with Gasteiger partial charge in [-0.1, -0.05) is 6.07 Å². The molecule has 2 heterocycles. The Morgan fingerprint density at radius 2 is 1.88 bits per heavy atom. The zero-order chi connectivity index (χ0) is 23.9. The van der Waals surface area contributed by atoms with E-state index in [4.69, 9.17) is 10.5 Å². The van der Waals surface area contributed by atoms with Gasteiger partial charge in [-0.25, -0.2) is 4.98 Å². The maximum Gasteiger partial charge on any atom is 0.230 e. The Labute approximate surface area is 202 Å². The minimum absolute atomic E-state index is 0.0351. The van der Waals surface area contributed by atoms with Crippen molar-refractivity contribution in [3.63, 3.8) is 0 Å². The number of ether oxygens (including phenoxy) is 1. The Balaban J connectivity index is 1.18. The lowest BCUT2D eigenvalue weighted by Crippen LogP contribution is -2.63. The molecule has 1 aromatic heterocycles. The van der Waals surface area contributed by atoms with E-state index >= 15 is 0 Å². The van der Waals surface area contributed by atoms with Crippen molar-refractivity contribution in [2.75, 3.05) is 44.7 Å².